The number of nitrogens with one attached hydrogen (secondary N) is 1. The molecule has 78 valence electrons. The molecule has 0 fully saturated rings. The summed E-state index contributed by atoms with van der Waals surface area (Å²) in [6.07, 6.45) is 3.49. The molecule has 3 N–H and O–H groups in total. The van der Waals surface area contributed by atoms with Crippen molar-refractivity contribution in [2.75, 3.05) is 5.73 Å². The quantitative estimate of drug-likeness (QED) is 0.605. The van der Waals surface area contributed by atoms with E-state index in [-0.39, 0.29) is 0 Å². The van der Waals surface area contributed by atoms with Crippen LogP contribution < -0.4 is 5.73 Å². The lowest BCUT2D eigenvalue weighted by atomic mass is 10.2. The van der Waals surface area contributed by atoms with Crippen LogP contribution >= 0.6 is 0 Å². The SMILES string of the molecule is Nc1cccc(-c2nc3ccncc3[nH]2)c1. The van der Waals surface area contributed by atoms with Gasteiger partial charge in [-0.15, -0.1) is 0 Å². The average Bonchev–Trinajstić information content (AvgIpc) is 2.72. The van der Waals surface area contributed by atoms with E-state index in [1.54, 1.807) is 12.4 Å². The molecular formula is C12H10N4. The first-order chi connectivity index (χ1) is 7.83. The number of imidazole rings is 1. The van der Waals surface area contributed by atoms with Crippen molar-refractivity contribution < 1.29 is 0 Å². The summed E-state index contributed by atoms with van der Waals surface area (Å²) in [4.78, 5) is 11.7. The van der Waals surface area contributed by atoms with Gasteiger partial charge in [0.05, 0.1) is 17.2 Å². The molecule has 0 saturated heterocycles. The number of fused-ring (bicyclic) bond motifs is 1. The molecule has 3 rings (SSSR count). The Morgan fingerprint density at radius 2 is 2.12 bits per heavy atom. The van der Waals surface area contributed by atoms with Crippen molar-refractivity contribution in [3.8, 4) is 11.4 Å². The van der Waals surface area contributed by atoms with E-state index in [1.807, 2.05) is 30.3 Å². The third-order valence-electron chi connectivity index (χ3n) is 2.44. The maximum absolute atomic E-state index is 5.74. The summed E-state index contributed by atoms with van der Waals surface area (Å²) in [6, 6.07) is 9.51. The molecule has 0 saturated carbocycles. The standard InChI is InChI=1S/C12H10N4/c13-9-3-1-2-8(6-9)12-15-10-4-5-14-7-11(10)16-12/h1-7H,13H2,(H,15,16). The minimum atomic E-state index is 0.732. The summed E-state index contributed by atoms with van der Waals surface area (Å²) in [5.41, 5.74) is 9.29. The number of nitrogen functional groups attached to an aromatic ring is 1. The Labute approximate surface area is 92.2 Å². The predicted octanol–water partition coefficient (Wildman–Crippen LogP) is 2.21. The third kappa shape index (κ3) is 1.40. The maximum atomic E-state index is 5.74. The fourth-order valence-corrected chi connectivity index (χ4v) is 1.68. The monoisotopic (exact) mass is 210 g/mol. The Balaban J connectivity index is 2.19. The Hall–Kier alpha value is -2.36. The van der Waals surface area contributed by atoms with Gasteiger partial charge >= 0.3 is 0 Å². The van der Waals surface area contributed by atoms with Crippen LogP contribution in [0.3, 0.4) is 0 Å². The zero-order chi connectivity index (χ0) is 11.0. The fourth-order valence-electron chi connectivity index (χ4n) is 1.68. The molecule has 0 atom stereocenters. The topological polar surface area (TPSA) is 67.6 Å². The molecule has 0 amide bonds. The number of benzene rings is 1. The largest absolute Gasteiger partial charge is 0.399 e. The number of pyridine rings is 1. The lowest BCUT2D eigenvalue weighted by Crippen LogP contribution is -1.86. The lowest BCUT2D eigenvalue weighted by Gasteiger charge is -1.97. The first-order valence-corrected chi connectivity index (χ1v) is 4.98. The van der Waals surface area contributed by atoms with Gasteiger partial charge < -0.3 is 10.7 Å². The van der Waals surface area contributed by atoms with Crippen molar-refractivity contribution in [2.45, 2.75) is 0 Å². The van der Waals surface area contributed by atoms with Crippen molar-refractivity contribution in [1.29, 1.82) is 0 Å². The molecule has 0 radical (unpaired) electrons. The molecule has 2 heterocycles. The van der Waals surface area contributed by atoms with Gasteiger partial charge in [-0.3, -0.25) is 4.98 Å². The first kappa shape index (κ1) is 8.91. The van der Waals surface area contributed by atoms with Crippen molar-refractivity contribution in [3.63, 3.8) is 0 Å². The van der Waals surface area contributed by atoms with Crippen LogP contribution in [0, 0.1) is 0 Å². The van der Waals surface area contributed by atoms with E-state index in [1.165, 1.54) is 0 Å². The van der Waals surface area contributed by atoms with Gasteiger partial charge in [0, 0.05) is 17.4 Å². The number of aromatic amines is 1. The molecule has 16 heavy (non-hydrogen) atoms. The van der Waals surface area contributed by atoms with Crippen molar-refractivity contribution in [1.82, 2.24) is 15.0 Å². The predicted molar refractivity (Wildman–Crippen MR) is 63.7 cm³/mol. The molecule has 2 aromatic heterocycles. The summed E-state index contributed by atoms with van der Waals surface area (Å²) in [5, 5.41) is 0. The number of aromatic nitrogens is 3. The summed E-state index contributed by atoms with van der Waals surface area (Å²) >= 11 is 0. The smallest absolute Gasteiger partial charge is 0.138 e. The zero-order valence-corrected chi connectivity index (χ0v) is 8.51. The molecular weight excluding hydrogens is 200 g/mol. The van der Waals surface area contributed by atoms with Gasteiger partial charge in [-0.25, -0.2) is 4.98 Å². The number of rotatable bonds is 1. The van der Waals surface area contributed by atoms with Gasteiger partial charge in [0.1, 0.15) is 5.82 Å². The summed E-state index contributed by atoms with van der Waals surface area (Å²) in [7, 11) is 0. The second-order valence-corrected chi connectivity index (χ2v) is 3.60. The van der Waals surface area contributed by atoms with Crippen LogP contribution in [0.5, 0.6) is 0 Å². The van der Waals surface area contributed by atoms with Crippen LogP contribution in [0.2, 0.25) is 0 Å². The van der Waals surface area contributed by atoms with Crippen LogP contribution in [0.15, 0.2) is 42.7 Å². The highest BCUT2D eigenvalue weighted by molar-refractivity contribution is 5.78. The van der Waals surface area contributed by atoms with E-state index < -0.39 is 0 Å². The summed E-state index contributed by atoms with van der Waals surface area (Å²) < 4.78 is 0. The molecule has 0 spiro atoms. The van der Waals surface area contributed by atoms with Crippen molar-refractivity contribution in [2.24, 2.45) is 0 Å². The van der Waals surface area contributed by atoms with Gasteiger partial charge in [0.15, 0.2) is 0 Å². The van der Waals surface area contributed by atoms with Gasteiger partial charge in [-0.05, 0) is 18.2 Å². The molecule has 0 aliphatic heterocycles. The number of hydrogen-bond donors (Lipinski definition) is 2. The number of hydrogen-bond acceptors (Lipinski definition) is 3. The van der Waals surface area contributed by atoms with Crippen molar-refractivity contribution >= 4 is 16.7 Å². The van der Waals surface area contributed by atoms with Crippen LogP contribution in [0.25, 0.3) is 22.4 Å². The highest BCUT2D eigenvalue weighted by Crippen LogP contribution is 2.21. The van der Waals surface area contributed by atoms with Crippen LogP contribution in [0.1, 0.15) is 0 Å². The van der Waals surface area contributed by atoms with E-state index in [0.717, 1.165) is 28.1 Å². The first-order valence-electron chi connectivity index (χ1n) is 4.98. The Morgan fingerprint density at radius 3 is 2.94 bits per heavy atom. The molecule has 0 unspecified atom stereocenters. The Morgan fingerprint density at radius 1 is 1.19 bits per heavy atom. The average molecular weight is 210 g/mol. The van der Waals surface area contributed by atoms with Gasteiger partial charge in [-0.1, -0.05) is 12.1 Å². The fraction of sp³-hybridized carbons (Fsp3) is 0. The van der Waals surface area contributed by atoms with Crippen LogP contribution in [0.4, 0.5) is 5.69 Å². The van der Waals surface area contributed by atoms with Gasteiger partial charge in [0.25, 0.3) is 0 Å². The van der Waals surface area contributed by atoms with E-state index in [9.17, 15) is 0 Å². The highest BCUT2D eigenvalue weighted by atomic mass is 14.9. The normalized spacial score (nSPS) is 10.8. The molecule has 4 heteroatoms. The van der Waals surface area contributed by atoms with E-state index in [2.05, 4.69) is 15.0 Å². The molecule has 1 aromatic carbocycles. The van der Waals surface area contributed by atoms with E-state index in [4.69, 9.17) is 5.73 Å². The van der Waals surface area contributed by atoms with E-state index >= 15 is 0 Å². The number of H-pyrrole nitrogens is 1. The minimum Gasteiger partial charge on any atom is -0.399 e. The molecule has 0 bridgehead atoms. The van der Waals surface area contributed by atoms with Gasteiger partial charge in [-0.2, -0.15) is 0 Å². The molecule has 0 aliphatic carbocycles. The maximum Gasteiger partial charge on any atom is 0.138 e. The summed E-state index contributed by atoms with van der Waals surface area (Å²) in [6.45, 7) is 0. The highest BCUT2D eigenvalue weighted by Gasteiger charge is 2.04. The Bertz CT molecular complexity index is 609. The zero-order valence-electron chi connectivity index (χ0n) is 8.51. The number of nitrogens with two attached hydrogens (primary N) is 1. The second-order valence-electron chi connectivity index (χ2n) is 3.60. The third-order valence-corrected chi connectivity index (χ3v) is 2.44. The molecule has 0 aliphatic rings. The van der Waals surface area contributed by atoms with Crippen LogP contribution in [-0.2, 0) is 0 Å². The molecule has 3 aromatic rings. The second kappa shape index (κ2) is 3.34. The summed E-state index contributed by atoms with van der Waals surface area (Å²) in [5.74, 6) is 0.815. The number of nitrogens with zero attached hydrogens (tertiary/aromatic N) is 2. The van der Waals surface area contributed by atoms with E-state index in [0.29, 0.717) is 0 Å². The minimum absolute atomic E-state index is 0.732. The lowest BCUT2D eigenvalue weighted by molar-refractivity contribution is 1.33. The molecule has 4 nitrogen and oxygen atoms in total. The van der Waals surface area contributed by atoms with Crippen LogP contribution in [-0.4, -0.2) is 15.0 Å². The van der Waals surface area contributed by atoms with Gasteiger partial charge in [0.2, 0.25) is 0 Å². The Kier molecular flexibility index (Phi) is 1.86. The number of anilines is 1. The van der Waals surface area contributed by atoms with Crippen molar-refractivity contribution in [3.05, 3.63) is 42.7 Å².